The normalized spacial score (nSPS) is 18.9. The van der Waals surface area contributed by atoms with Crippen LogP contribution in [0.15, 0.2) is 24.5 Å². The van der Waals surface area contributed by atoms with Crippen molar-refractivity contribution in [2.45, 2.75) is 39.0 Å². The maximum atomic E-state index is 12.4. The summed E-state index contributed by atoms with van der Waals surface area (Å²) in [5, 5.41) is 0. The monoisotopic (exact) mass is 418 g/mol. The quantitative estimate of drug-likeness (QED) is 0.826. The lowest BCUT2D eigenvalue weighted by Crippen LogP contribution is -2.54. The molecule has 2 aromatic heterocycles. The SMILES string of the molecule is Cc1ccc2nc(CSCC(=O)N3CCC(N)C(C)(C)C3)cn2c1.Cl.Cl. The minimum Gasteiger partial charge on any atom is -0.341 e. The smallest absolute Gasteiger partial charge is 0.232 e. The summed E-state index contributed by atoms with van der Waals surface area (Å²) in [7, 11) is 0. The van der Waals surface area contributed by atoms with Crippen molar-refractivity contribution >= 4 is 48.1 Å². The number of piperidine rings is 1. The van der Waals surface area contributed by atoms with Gasteiger partial charge < -0.3 is 15.0 Å². The molecule has 26 heavy (non-hydrogen) atoms. The minimum absolute atomic E-state index is 0. The van der Waals surface area contributed by atoms with Crippen LogP contribution >= 0.6 is 36.6 Å². The molecule has 1 unspecified atom stereocenters. The number of rotatable bonds is 4. The van der Waals surface area contributed by atoms with E-state index in [4.69, 9.17) is 5.73 Å². The van der Waals surface area contributed by atoms with Crippen LogP contribution in [0.25, 0.3) is 5.65 Å². The summed E-state index contributed by atoms with van der Waals surface area (Å²) in [4.78, 5) is 19.0. The average Bonchev–Trinajstić information content (AvgIpc) is 2.91. The molecular formula is C18H28Cl2N4OS. The summed E-state index contributed by atoms with van der Waals surface area (Å²) in [5.41, 5.74) is 9.32. The Morgan fingerprint density at radius 2 is 2.08 bits per heavy atom. The van der Waals surface area contributed by atoms with Gasteiger partial charge in [-0.25, -0.2) is 4.98 Å². The lowest BCUT2D eigenvalue weighted by molar-refractivity contribution is -0.131. The zero-order valence-electron chi connectivity index (χ0n) is 15.5. The topological polar surface area (TPSA) is 63.6 Å². The molecule has 0 saturated carbocycles. The van der Waals surface area contributed by atoms with E-state index < -0.39 is 0 Å². The Bertz CT molecular complexity index is 750. The molecule has 5 nitrogen and oxygen atoms in total. The summed E-state index contributed by atoms with van der Waals surface area (Å²) in [5.74, 6) is 1.46. The van der Waals surface area contributed by atoms with Gasteiger partial charge in [0, 0.05) is 37.3 Å². The number of carbonyl (C=O) groups is 1. The number of fused-ring (bicyclic) bond motifs is 1. The van der Waals surface area contributed by atoms with Gasteiger partial charge in [0.05, 0.1) is 11.4 Å². The van der Waals surface area contributed by atoms with E-state index in [0.29, 0.717) is 5.75 Å². The molecule has 2 aromatic rings. The third kappa shape index (κ3) is 5.28. The van der Waals surface area contributed by atoms with Crippen molar-refractivity contribution in [3.8, 4) is 0 Å². The number of imidazole rings is 1. The summed E-state index contributed by atoms with van der Waals surface area (Å²) in [6.07, 6.45) is 5.00. The number of aryl methyl sites for hydroxylation is 1. The van der Waals surface area contributed by atoms with Crippen molar-refractivity contribution in [2.24, 2.45) is 11.1 Å². The molecule has 1 atom stereocenters. The maximum Gasteiger partial charge on any atom is 0.232 e. The lowest BCUT2D eigenvalue weighted by atomic mass is 9.80. The van der Waals surface area contributed by atoms with Crippen LogP contribution in [0.4, 0.5) is 0 Å². The van der Waals surface area contributed by atoms with Gasteiger partial charge in [-0.2, -0.15) is 0 Å². The van der Waals surface area contributed by atoms with E-state index in [1.807, 2.05) is 21.6 Å². The number of pyridine rings is 1. The number of amides is 1. The highest BCUT2D eigenvalue weighted by atomic mass is 35.5. The van der Waals surface area contributed by atoms with E-state index in [-0.39, 0.29) is 42.2 Å². The van der Waals surface area contributed by atoms with Gasteiger partial charge in [0.1, 0.15) is 5.65 Å². The van der Waals surface area contributed by atoms with Crippen molar-refractivity contribution < 1.29 is 4.79 Å². The van der Waals surface area contributed by atoms with Gasteiger partial charge in [-0.3, -0.25) is 4.79 Å². The predicted molar refractivity (Wildman–Crippen MR) is 114 cm³/mol. The Morgan fingerprint density at radius 1 is 1.35 bits per heavy atom. The van der Waals surface area contributed by atoms with Crippen molar-refractivity contribution in [3.63, 3.8) is 0 Å². The molecule has 2 N–H and O–H groups in total. The number of nitrogens with two attached hydrogens (primary N) is 1. The molecule has 1 amide bonds. The van der Waals surface area contributed by atoms with E-state index >= 15 is 0 Å². The second kappa shape index (κ2) is 9.31. The molecule has 0 aromatic carbocycles. The summed E-state index contributed by atoms with van der Waals surface area (Å²) >= 11 is 1.63. The van der Waals surface area contributed by atoms with E-state index in [9.17, 15) is 4.79 Å². The highest BCUT2D eigenvalue weighted by Crippen LogP contribution is 2.28. The molecule has 146 valence electrons. The van der Waals surface area contributed by atoms with Crippen molar-refractivity contribution in [2.75, 3.05) is 18.8 Å². The van der Waals surface area contributed by atoms with Crippen molar-refractivity contribution in [1.82, 2.24) is 14.3 Å². The molecule has 1 saturated heterocycles. The second-order valence-corrected chi connectivity index (χ2v) is 8.38. The molecular weight excluding hydrogens is 391 g/mol. The minimum atomic E-state index is -0.00195. The Balaban J connectivity index is 0.00000169. The Hall–Kier alpha value is -0.950. The largest absolute Gasteiger partial charge is 0.341 e. The number of hydrogen-bond acceptors (Lipinski definition) is 4. The number of thioether (sulfide) groups is 1. The number of likely N-dealkylation sites (tertiary alicyclic amines) is 1. The van der Waals surface area contributed by atoms with Crippen LogP contribution in [-0.4, -0.2) is 45.1 Å². The number of aromatic nitrogens is 2. The summed E-state index contributed by atoms with van der Waals surface area (Å²) < 4.78 is 2.04. The van der Waals surface area contributed by atoms with E-state index in [1.54, 1.807) is 11.8 Å². The van der Waals surface area contributed by atoms with Gasteiger partial charge in [0.2, 0.25) is 5.91 Å². The lowest BCUT2D eigenvalue weighted by Gasteiger charge is -2.42. The number of hydrogen-bond donors (Lipinski definition) is 1. The third-order valence-electron chi connectivity index (χ3n) is 4.79. The van der Waals surface area contributed by atoms with Crippen molar-refractivity contribution in [1.29, 1.82) is 0 Å². The first-order chi connectivity index (χ1) is 11.3. The number of halogens is 2. The van der Waals surface area contributed by atoms with Crippen LogP contribution < -0.4 is 5.73 Å². The van der Waals surface area contributed by atoms with Gasteiger partial charge in [-0.1, -0.05) is 19.9 Å². The first kappa shape index (κ1) is 23.1. The molecule has 1 aliphatic heterocycles. The maximum absolute atomic E-state index is 12.4. The first-order valence-electron chi connectivity index (χ1n) is 8.40. The van der Waals surface area contributed by atoms with Crippen LogP contribution in [0.1, 0.15) is 31.5 Å². The summed E-state index contributed by atoms with van der Waals surface area (Å²) in [6.45, 7) is 7.88. The molecule has 0 spiro atoms. The fraction of sp³-hybridized carbons (Fsp3) is 0.556. The highest BCUT2D eigenvalue weighted by Gasteiger charge is 2.35. The molecule has 8 heteroatoms. The van der Waals surface area contributed by atoms with Gasteiger partial charge in [0.25, 0.3) is 0 Å². The van der Waals surface area contributed by atoms with E-state index in [0.717, 1.165) is 36.6 Å². The molecule has 3 rings (SSSR count). The van der Waals surface area contributed by atoms with Crippen LogP contribution in [0.5, 0.6) is 0 Å². The fourth-order valence-corrected chi connectivity index (χ4v) is 3.95. The first-order valence-corrected chi connectivity index (χ1v) is 9.56. The van der Waals surface area contributed by atoms with E-state index in [1.165, 1.54) is 5.56 Å². The molecule has 0 aliphatic carbocycles. The second-order valence-electron chi connectivity index (χ2n) is 7.40. The molecule has 1 fully saturated rings. The van der Waals surface area contributed by atoms with Gasteiger partial charge in [-0.05, 0) is 30.4 Å². The van der Waals surface area contributed by atoms with Crippen LogP contribution in [0, 0.1) is 12.3 Å². The Morgan fingerprint density at radius 3 is 2.77 bits per heavy atom. The van der Waals surface area contributed by atoms with Gasteiger partial charge >= 0.3 is 0 Å². The Kier molecular flexibility index (Phi) is 8.27. The van der Waals surface area contributed by atoms with Crippen LogP contribution in [-0.2, 0) is 10.5 Å². The number of carbonyl (C=O) groups excluding carboxylic acids is 1. The number of nitrogens with zero attached hydrogens (tertiary/aromatic N) is 3. The predicted octanol–water partition coefficient (Wildman–Crippen LogP) is 3.31. The molecule has 0 radical (unpaired) electrons. The molecule has 0 bridgehead atoms. The molecule has 3 heterocycles. The van der Waals surface area contributed by atoms with E-state index in [2.05, 4.69) is 38.0 Å². The summed E-state index contributed by atoms with van der Waals surface area (Å²) in [6, 6.07) is 4.26. The van der Waals surface area contributed by atoms with Crippen LogP contribution in [0.2, 0.25) is 0 Å². The van der Waals surface area contributed by atoms with Crippen molar-refractivity contribution in [3.05, 3.63) is 35.8 Å². The van der Waals surface area contributed by atoms with Crippen LogP contribution in [0.3, 0.4) is 0 Å². The molecule has 1 aliphatic rings. The highest BCUT2D eigenvalue weighted by molar-refractivity contribution is 7.99. The van der Waals surface area contributed by atoms with Gasteiger partial charge in [0.15, 0.2) is 0 Å². The average molecular weight is 419 g/mol. The fourth-order valence-electron chi connectivity index (χ4n) is 3.15. The standard InChI is InChI=1S/C18H26N4OS.2ClH/c1-13-4-5-16-20-14(9-22(16)8-13)10-24-11-17(23)21-7-6-15(19)18(2,3)12-21;;/h4-5,8-9,15H,6-7,10-12,19H2,1-3H3;2*1H. The zero-order chi connectivity index (χ0) is 17.3. The third-order valence-corrected chi connectivity index (χ3v) is 5.74. The zero-order valence-corrected chi connectivity index (χ0v) is 17.9. The Labute approximate surface area is 171 Å². The van der Waals surface area contributed by atoms with Gasteiger partial charge in [-0.15, -0.1) is 36.6 Å².